The molecule has 114 valence electrons. The second-order valence-electron chi connectivity index (χ2n) is 4.49. The van der Waals surface area contributed by atoms with Gasteiger partial charge in [0.15, 0.2) is 11.5 Å². The van der Waals surface area contributed by atoms with Crippen LogP contribution in [0.2, 0.25) is 0 Å². The highest BCUT2D eigenvalue weighted by molar-refractivity contribution is 5.91. The van der Waals surface area contributed by atoms with Crippen molar-refractivity contribution in [3.05, 3.63) is 66.7 Å². The van der Waals surface area contributed by atoms with Crippen LogP contribution in [0.1, 0.15) is 16.8 Å². The Morgan fingerprint density at radius 2 is 1.77 bits per heavy atom. The fourth-order valence-corrected chi connectivity index (χ4v) is 1.81. The monoisotopic (exact) mass is 298 g/mol. The van der Waals surface area contributed by atoms with Crippen LogP contribution in [0.5, 0.6) is 17.2 Å². The lowest BCUT2D eigenvalue weighted by atomic mass is 10.2. The summed E-state index contributed by atoms with van der Waals surface area (Å²) in [4.78, 5) is 12.1. The summed E-state index contributed by atoms with van der Waals surface area (Å²) in [6.07, 6.45) is 2.57. The van der Waals surface area contributed by atoms with Gasteiger partial charge in [0.1, 0.15) is 5.75 Å². The Kier molecular flexibility index (Phi) is 5.60. The van der Waals surface area contributed by atoms with Crippen LogP contribution in [0.15, 0.2) is 61.2 Å². The zero-order valence-corrected chi connectivity index (χ0v) is 12.5. The van der Waals surface area contributed by atoms with E-state index >= 15 is 0 Å². The maximum absolute atomic E-state index is 12.1. The van der Waals surface area contributed by atoms with E-state index in [0.717, 1.165) is 6.42 Å². The Morgan fingerprint density at radius 1 is 1.09 bits per heavy atom. The van der Waals surface area contributed by atoms with Crippen LogP contribution in [0.25, 0.3) is 0 Å². The molecule has 0 saturated heterocycles. The minimum Gasteiger partial charge on any atom is -0.493 e. The third-order valence-electron chi connectivity index (χ3n) is 2.95. The summed E-state index contributed by atoms with van der Waals surface area (Å²) >= 11 is 0. The lowest BCUT2D eigenvalue weighted by Crippen LogP contribution is -2.09. The van der Waals surface area contributed by atoms with Crippen molar-refractivity contribution < 1.29 is 19.0 Å². The van der Waals surface area contributed by atoms with E-state index < -0.39 is 5.97 Å². The Balaban J connectivity index is 2.02. The van der Waals surface area contributed by atoms with Crippen LogP contribution >= 0.6 is 0 Å². The van der Waals surface area contributed by atoms with Crippen molar-refractivity contribution in [3.63, 3.8) is 0 Å². The number of hydrogen-bond acceptors (Lipinski definition) is 4. The molecule has 0 unspecified atom stereocenters. The molecule has 0 aliphatic rings. The molecule has 22 heavy (non-hydrogen) atoms. The van der Waals surface area contributed by atoms with Crippen LogP contribution in [0, 0.1) is 0 Å². The Morgan fingerprint density at radius 3 is 2.41 bits per heavy atom. The summed E-state index contributed by atoms with van der Waals surface area (Å²) < 4.78 is 16.0. The molecule has 0 bridgehead atoms. The Labute approximate surface area is 129 Å². The van der Waals surface area contributed by atoms with E-state index in [1.54, 1.807) is 48.5 Å². The average molecular weight is 298 g/mol. The molecule has 0 aromatic heterocycles. The lowest BCUT2D eigenvalue weighted by molar-refractivity contribution is 0.0729. The van der Waals surface area contributed by atoms with Gasteiger partial charge < -0.3 is 14.2 Å². The summed E-state index contributed by atoms with van der Waals surface area (Å²) in [7, 11) is 1.53. The summed E-state index contributed by atoms with van der Waals surface area (Å²) in [6.45, 7) is 4.20. The van der Waals surface area contributed by atoms with Crippen LogP contribution in [0.4, 0.5) is 0 Å². The summed E-state index contributed by atoms with van der Waals surface area (Å²) in [5.41, 5.74) is 0.446. The number of hydrogen-bond donors (Lipinski definition) is 0. The second-order valence-corrected chi connectivity index (χ2v) is 4.49. The lowest BCUT2D eigenvalue weighted by Gasteiger charge is -2.09. The standard InChI is InChI=1S/C18H18O4/c1-3-4-13-21-15-11-9-14(10-12-15)18(19)22-17-8-6-5-7-16(17)20-2/h3,5-12H,1,4,13H2,2H3. The first kappa shape index (κ1) is 15.6. The molecule has 2 aromatic carbocycles. The molecular formula is C18H18O4. The summed E-state index contributed by atoms with van der Waals surface area (Å²) in [6, 6.07) is 13.8. The van der Waals surface area contributed by atoms with E-state index in [9.17, 15) is 4.79 Å². The van der Waals surface area contributed by atoms with Crippen LogP contribution in [0.3, 0.4) is 0 Å². The minimum absolute atomic E-state index is 0.390. The van der Waals surface area contributed by atoms with Gasteiger partial charge in [0.2, 0.25) is 0 Å². The molecule has 0 aliphatic heterocycles. The zero-order chi connectivity index (χ0) is 15.8. The molecule has 2 aromatic rings. The van der Waals surface area contributed by atoms with Crippen LogP contribution < -0.4 is 14.2 Å². The number of ether oxygens (including phenoxy) is 3. The van der Waals surface area contributed by atoms with Crippen molar-refractivity contribution in [1.82, 2.24) is 0 Å². The number of methoxy groups -OCH3 is 1. The first-order valence-electron chi connectivity index (χ1n) is 6.93. The third-order valence-corrected chi connectivity index (χ3v) is 2.95. The van der Waals surface area contributed by atoms with Crippen LogP contribution in [-0.4, -0.2) is 19.7 Å². The maximum atomic E-state index is 12.1. The fourth-order valence-electron chi connectivity index (χ4n) is 1.81. The quantitative estimate of drug-likeness (QED) is 0.337. The summed E-state index contributed by atoms with van der Waals surface area (Å²) in [5, 5.41) is 0. The topological polar surface area (TPSA) is 44.8 Å². The maximum Gasteiger partial charge on any atom is 0.343 e. The van der Waals surface area contributed by atoms with Gasteiger partial charge in [-0.2, -0.15) is 0 Å². The molecule has 0 fully saturated rings. The second kappa shape index (κ2) is 7.88. The van der Waals surface area contributed by atoms with Gasteiger partial charge in [0.05, 0.1) is 19.3 Å². The molecule has 0 N–H and O–H groups in total. The molecule has 4 nitrogen and oxygen atoms in total. The minimum atomic E-state index is -0.442. The molecule has 0 radical (unpaired) electrons. The summed E-state index contributed by atoms with van der Waals surface area (Å²) in [5.74, 6) is 1.17. The van der Waals surface area contributed by atoms with Crippen molar-refractivity contribution >= 4 is 5.97 Å². The number of para-hydroxylation sites is 2. The number of carbonyl (C=O) groups excluding carboxylic acids is 1. The highest BCUT2D eigenvalue weighted by Gasteiger charge is 2.11. The van der Waals surface area contributed by atoms with Gasteiger partial charge in [0.25, 0.3) is 0 Å². The van der Waals surface area contributed by atoms with Gasteiger partial charge >= 0.3 is 5.97 Å². The Bertz CT molecular complexity index is 632. The zero-order valence-electron chi connectivity index (χ0n) is 12.5. The number of rotatable bonds is 7. The largest absolute Gasteiger partial charge is 0.493 e. The third kappa shape index (κ3) is 4.12. The molecular weight excluding hydrogens is 280 g/mol. The molecule has 2 rings (SSSR count). The first-order valence-corrected chi connectivity index (χ1v) is 6.93. The molecule has 0 amide bonds. The molecule has 0 atom stereocenters. The van der Waals surface area contributed by atoms with Gasteiger partial charge in [-0.3, -0.25) is 0 Å². The predicted molar refractivity (Wildman–Crippen MR) is 84.7 cm³/mol. The number of carbonyl (C=O) groups is 1. The molecule has 0 aliphatic carbocycles. The number of benzene rings is 2. The van der Waals surface area contributed by atoms with E-state index in [-0.39, 0.29) is 0 Å². The van der Waals surface area contributed by atoms with E-state index in [0.29, 0.717) is 29.4 Å². The van der Waals surface area contributed by atoms with Crippen molar-refractivity contribution in [2.75, 3.05) is 13.7 Å². The van der Waals surface area contributed by atoms with Gasteiger partial charge in [-0.15, -0.1) is 6.58 Å². The van der Waals surface area contributed by atoms with Gasteiger partial charge in [-0.1, -0.05) is 18.2 Å². The van der Waals surface area contributed by atoms with E-state index in [1.807, 2.05) is 6.07 Å². The van der Waals surface area contributed by atoms with Crippen molar-refractivity contribution in [2.24, 2.45) is 0 Å². The van der Waals surface area contributed by atoms with Crippen molar-refractivity contribution in [1.29, 1.82) is 0 Å². The SMILES string of the molecule is C=CCCOc1ccc(C(=O)Oc2ccccc2OC)cc1. The van der Waals surface area contributed by atoms with Gasteiger partial charge in [-0.25, -0.2) is 4.79 Å². The van der Waals surface area contributed by atoms with Crippen molar-refractivity contribution in [3.8, 4) is 17.2 Å². The highest BCUT2D eigenvalue weighted by atomic mass is 16.6. The molecule has 4 heteroatoms. The van der Waals surface area contributed by atoms with E-state index in [4.69, 9.17) is 14.2 Å². The van der Waals surface area contributed by atoms with Crippen molar-refractivity contribution in [2.45, 2.75) is 6.42 Å². The molecule has 0 heterocycles. The Hall–Kier alpha value is -2.75. The number of esters is 1. The van der Waals surface area contributed by atoms with E-state index in [1.165, 1.54) is 7.11 Å². The molecule has 0 saturated carbocycles. The van der Waals surface area contributed by atoms with Gasteiger partial charge in [-0.05, 0) is 42.8 Å². The predicted octanol–water partition coefficient (Wildman–Crippen LogP) is 3.87. The highest BCUT2D eigenvalue weighted by Crippen LogP contribution is 2.26. The van der Waals surface area contributed by atoms with Crippen LogP contribution in [-0.2, 0) is 0 Å². The fraction of sp³-hybridized carbons (Fsp3) is 0.167. The smallest absolute Gasteiger partial charge is 0.343 e. The van der Waals surface area contributed by atoms with Gasteiger partial charge in [0, 0.05) is 0 Å². The average Bonchev–Trinajstić information content (AvgIpc) is 2.56. The van der Waals surface area contributed by atoms with E-state index in [2.05, 4.69) is 6.58 Å². The molecule has 0 spiro atoms. The first-order chi connectivity index (χ1) is 10.7. The normalized spacial score (nSPS) is 9.86.